The Bertz CT molecular complexity index is 1210. The van der Waals surface area contributed by atoms with Gasteiger partial charge >= 0.3 is 12.2 Å². The number of hydrogen-bond donors (Lipinski definition) is 1. The number of benzene rings is 2. The second kappa shape index (κ2) is 9.17. The summed E-state index contributed by atoms with van der Waals surface area (Å²) in [5, 5.41) is 3.50. The number of amides is 2. The Morgan fingerprint density at radius 1 is 1.12 bits per heavy atom. The second-order valence-corrected chi connectivity index (χ2v) is 7.46. The third-order valence-electron chi connectivity index (χ3n) is 5.30. The number of para-hydroxylation sites is 1. The summed E-state index contributed by atoms with van der Waals surface area (Å²) in [6.45, 7) is -2.46. The van der Waals surface area contributed by atoms with Crippen molar-refractivity contribution in [3.05, 3.63) is 70.6 Å². The molecule has 7 nitrogen and oxygen atoms in total. The maximum absolute atomic E-state index is 12.9. The van der Waals surface area contributed by atoms with E-state index in [0.717, 1.165) is 0 Å². The van der Waals surface area contributed by atoms with Gasteiger partial charge in [0.05, 0.1) is 11.5 Å². The zero-order valence-corrected chi connectivity index (χ0v) is 16.9. The molecule has 1 unspecified atom stereocenters. The van der Waals surface area contributed by atoms with Crippen LogP contribution in [0.4, 0.5) is 14.5 Å². The fourth-order valence-corrected chi connectivity index (χ4v) is 3.78. The molecule has 166 valence electrons. The van der Waals surface area contributed by atoms with E-state index in [1.54, 1.807) is 30.3 Å². The van der Waals surface area contributed by atoms with E-state index >= 15 is 0 Å². The van der Waals surface area contributed by atoms with Crippen LogP contribution in [-0.4, -0.2) is 36.4 Å². The van der Waals surface area contributed by atoms with Crippen molar-refractivity contribution in [3.63, 3.8) is 0 Å². The first kappa shape index (κ1) is 21.5. The van der Waals surface area contributed by atoms with Gasteiger partial charge in [0, 0.05) is 30.2 Å². The van der Waals surface area contributed by atoms with Gasteiger partial charge in [-0.15, -0.1) is 0 Å². The van der Waals surface area contributed by atoms with Crippen molar-refractivity contribution >= 4 is 28.5 Å². The normalized spacial score (nSPS) is 16.2. The molecule has 1 fully saturated rings. The molecule has 0 bridgehead atoms. The Labute approximate surface area is 181 Å². The topological polar surface area (TPSA) is 88.9 Å². The van der Waals surface area contributed by atoms with E-state index in [9.17, 15) is 23.2 Å². The molecule has 1 saturated heterocycles. The molecule has 0 radical (unpaired) electrons. The summed E-state index contributed by atoms with van der Waals surface area (Å²) in [6, 6.07) is 13.7. The third kappa shape index (κ3) is 4.77. The quantitative estimate of drug-likeness (QED) is 0.606. The minimum Gasteiger partial charge on any atom is -0.434 e. The largest absolute Gasteiger partial charge is 0.434 e. The summed E-state index contributed by atoms with van der Waals surface area (Å²) in [7, 11) is 0. The summed E-state index contributed by atoms with van der Waals surface area (Å²) in [5.41, 5.74) is 0.525. The number of anilines is 1. The van der Waals surface area contributed by atoms with Crippen LogP contribution < -0.4 is 15.7 Å². The lowest BCUT2D eigenvalue weighted by Gasteiger charge is -2.32. The third-order valence-corrected chi connectivity index (χ3v) is 5.30. The van der Waals surface area contributed by atoms with Crippen molar-refractivity contribution < 1.29 is 27.5 Å². The molecule has 1 atom stereocenters. The average Bonchev–Trinajstić information content (AvgIpc) is 2.79. The van der Waals surface area contributed by atoms with Crippen LogP contribution in [0.2, 0.25) is 0 Å². The fourth-order valence-electron chi connectivity index (χ4n) is 3.78. The van der Waals surface area contributed by atoms with E-state index < -0.39 is 24.1 Å². The monoisotopic (exact) mass is 442 g/mol. The molecule has 2 aromatic carbocycles. The number of ether oxygens (including phenoxy) is 1. The zero-order valence-electron chi connectivity index (χ0n) is 16.9. The van der Waals surface area contributed by atoms with Crippen LogP contribution in [0.3, 0.4) is 0 Å². The highest BCUT2D eigenvalue weighted by atomic mass is 19.3. The minimum absolute atomic E-state index is 0.0323. The molecule has 2 amide bonds. The Balaban J connectivity index is 1.46. The SMILES string of the molecule is O=C(Nc1ccc2oc(=O)ccc2c1)C1CCCN(C(=O)c2ccccc2OC(F)F)C1. The number of halogens is 2. The summed E-state index contributed by atoms with van der Waals surface area (Å²) >= 11 is 0. The van der Waals surface area contributed by atoms with Crippen molar-refractivity contribution in [1.29, 1.82) is 0 Å². The molecule has 4 rings (SSSR count). The minimum atomic E-state index is -3.04. The number of nitrogens with one attached hydrogen (secondary N) is 1. The molecule has 0 spiro atoms. The molecule has 0 saturated carbocycles. The number of alkyl halides is 2. The van der Waals surface area contributed by atoms with E-state index in [1.165, 1.54) is 29.2 Å². The Kier molecular flexibility index (Phi) is 6.16. The van der Waals surface area contributed by atoms with Crippen LogP contribution in [0.1, 0.15) is 23.2 Å². The van der Waals surface area contributed by atoms with Gasteiger partial charge in [0.15, 0.2) is 0 Å². The molecule has 32 heavy (non-hydrogen) atoms. The maximum Gasteiger partial charge on any atom is 0.387 e. The first-order chi connectivity index (χ1) is 15.4. The van der Waals surface area contributed by atoms with Crippen LogP contribution in [0.15, 0.2) is 63.8 Å². The van der Waals surface area contributed by atoms with Gasteiger partial charge in [0.2, 0.25) is 5.91 Å². The number of hydrogen-bond acceptors (Lipinski definition) is 5. The number of fused-ring (bicyclic) bond motifs is 1. The standard InChI is InChI=1S/C23H20F2N2O5/c24-23(25)32-19-6-2-1-5-17(19)22(30)27-11-3-4-15(13-27)21(29)26-16-8-9-18-14(12-16)7-10-20(28)31-18/h1-2,5-10,12,15,23H,3-4,11,13H2,(H,26,29). The van der Waals surface area contributed by atoms with Crippen molar-refractivity contribution in [1.82, 2.24) is 4.90 Å². The molecular weight excluding hydrogens is 422 g/mol. The molecule has 9 heteroatoms. The summed E-state index contributed by atoms with van der Waals surface area (Å²) in [4.78, 5) is 38.5. The molecule has 1 aliphatic heterocycles. The van der Waals surface area contributed by atoms with Crippen LogP contribution >= 0.6 is 0 Å². The number of nitrogens with zero attached hydrogens (tertiary/aromatic N) is 1. The Hall–Kier alpha value is -3.75. The smallest absolute Gasteiger partial charge is 0.387 e. The molecule has 1 aromatic heterocycles. The van der Waals surface area contributed by atoms with Crippen LogP contribution in [0.5, 0.6) is 5.75 Å². The van der Waals surface area contributed by atoms with Crippen LogP contribution in [-0.2, 0) is 4.79 Å². The predicted octanol–water partition coefficient (Wildman–Crippen LogP) is 3.89. The molecule has 1 N–H and O–H groups in total. The molecule has 2 heterocycles. The van der Waals surface area contributed by atoms with Crippen molar-refractivity contribution in [2.45, 2.75) is 19.5 Å². The van der Waals surface area contributed by atoms with Crippen LogP contribution in [0, 0.1) is 5.92 Å². The van der Waals surface area contributed by atoms with E-state index in [0.29, 0.717) is 36.0 Å². The fraction of sp³-hybridized carbons (Fsp3) is 0.261. The van der Waals surface area contributed by atoms with Gasteiger partial charge in [-0.1, -0.05) is 12.1 Å². The highest BCUT2D eigenvalue weighted by molar-refractivity contribution is 5.98. The van der Waals surface area contributed by atoms with Crippen molar-refractivity contribution in [2.75, 3.05) is 18.4 Å². The summed E-state index contributed by atoms with van der Waals surface area (Å²) < 4.78 is 34.9. The van der Waals surface area contributed by atoms with Gasteiger partial charge in [-0.25, -0.2) is 4.79 Å². The number of likely N-dealkylation sites (tertiary alicyclic amines) is 1. The van der Waals surface area contributed by atoms with Crippen molar-refractivity contribution in [2.24, 2.45) is 5.92 Å². The lowest BCUT2D eigenvalue weighted by atomic mass is 9.96. The lowest BCUT2D eigenvalue weighted by Crippen LogP contribution is -2.43. The van der Waals surface area contributed by atoms with E-state index in [1.807, 2.05) is 0 Å². The molecular formula is C23H20F2N2O5. The van der Waals surface area contributed by atoms with E-state index in [2.05, 4.69) is 10.1 Å². The first-order valence-corrected chi connectivity index (χ1v) is 10.1. The second-order valence-electron chi connectivity index (χ2n) is 7.46. The number of piperidine rings is 1. The maximum atomic E-state index is 12.9. The van der Waals surface area contributed by atoms with Crippen molar-refractivity contribution in [3.8, 4) is 5.75 Å². The molecule has 0 aliphatic carbocycles. The van der Waals surface area contributed by atoms with Gasteiger partial charge in [0.1, 0.15) is 11.3 Å². The van der Waals surface area contributed by atoms with Gasteiger partial charge in [-0.05, 0) is 49.2 Å². The zero-order chi connectivity index (χ0) is 22.7. The Morgan fingerprint density at radius 2 is 1.94 bits per heavy atom. The number of rotatable bonds is 5. The highest BCUT2D eigenvalue weighted by Crippen LogP contribution is 2.26. The van der Waals surface area contributed by atoms with Gasteiger partial charge < -0.3 is 19.4 Å². The predicted molar refractivity (Wildman–Crippen MR) is 113 cm³/mol. The van der Waals surface area contributed by atoms with Gasteiger partial charge in [-0.2, -0.15) is 8.78 Å². The molecule has 1 aliphatic rings. The number of carbonyl (C=O) groups is 2. The summed E-state index contributed by atoms with van der Waals surface area (Å²) in [5.74, 6) is -1.36. The van der Waals surface area contributed by atoms with Gasteiger partial charge in [0.25, 0.3) is 5.91 Å². The highest BCUT2D eigenvalue weighted by Gasteiger charge is 2.30. The number of carbonyl (C=O) groups excluding carboxylic acids is 2. The first-order valence-electron chi connectivity index (χ1n) is 10.1. The molecule has 3 aromatic rings. The lowest BCUT2D eigenvalue weighted by molar-refractivity contribution is -0.121. The van der Waals surface area contributed by atoms with Crippen LogP contribution in [0.25, 0.3) is 11.0 Å². The Morgan fingerprint density at radius 3 is 2.75 bits per heavy atom. The van der Waals surface area contributed by atoms with Gasteiger partial charge in [-0.3, -0.25) is 9.59 Å². The van der Waals surface area contributed by atoms with E-state index in [4.69, 9.17) is 4.42 Å². The average molecular weight is 442 g/mol. The van der Waals surface area contributed by atoms with E-state index in [-0.39, 0.29) is 23.8 Å². The summed E-state index contributed by atoms with van der Waals surface area (Å²) in [6.07, 6.45) is 1.19.